The second kappa shape index (κ2) is 8.39. The molecule has 0 aromatic heterocycles. The molecule has 102 valence electrons. The van der Waals surface area contributed by atoms with E-state index in [0.29, 0.717) is 0 Å². The normalized spacial score (nSPS) is 10.9. The Labute approximate surface area is 116 Å². The minimum Gasteiger partial charge on any atom is -0.493 e. The van der Waals surface area contributed by atoms with Crippen LogP contribution in [0.5, 0.6) is 5.75 Å². The van der Waals surface area contributed by atoms with E-state index in [1.807, 2.05) is 25.1 Å². The molecule has 0 unspecified atom stereocenters. The van der Waals surface area contributed by atoms with E-state index in [9.17, 15) is 0 Å². The minimum absolute atomic E-state index is 0.769. The van der Waals surface area contributed by atoms with Crippen LogP contribution >= 0.6 is 11.6 Å². The van der Waals surface area contributed by atoms with Crippen LogP contribution < -0.4 is 9.64 Å². The molecule has 1 aromatic rings. The first-order valence-electron chi connectivity index (χ1n) is 6.89. The van der Waals surface area contributed by atoms with Crippen molar-refractivity contribution < 1.29 is 9.64 Å². The van der Waals surface area contributed by atoms with E-state index in [1.54, 1.807) is 4.90 Å². The summed E-state index contributed by atoms with van der Waals surface area (Å²) in [7, 11) is 0. The number of unbranched alkanes of at least 4 members (excludes halogenated alkanes) is 1. The highest BCUT2D eigenvalue weighted by atomic mass is 35.5. The molecule has 0 aliphatic rings. The Balaban J connectivity index is 2.21. The van der Waals surface area contributed by atoms with Crippen molar-refractivity contribution in [2.24, 2.45) is 0 Å². The number of aryl methyl sites for hydroxylation is 1. The monoisotopic (exact) mass is 270 g/mol. The zero-order chi connectivity index (χ0) is 13.4. The zero-order valence-electron chi connectivity index (χ0n) is 11.8. The van der Waals surface area contributed by atoms with Crippen LogP contribution in [-0.2, 0) is 0 Å². The molecule has 0 spiro atoms. The van der Waals surface area contributed by atoms with Gasteiger partial charge in [0.05, 0.1) is 26.2 Å². The van der Waals surface area contributed by atoms with Crippen LogP contribution in [0.15, 0.2) is 18.2 Å². The Hall–Kier alpha value is -0.730. The highest BCUT2D eigenvalue weighted by Gasteiger charge is 2.03. The van der Waals surface area contributed by atoms with E-state index in [4.69, 9.17) is 16.3 Å². The fourth-order valence-corrected chi connectivity index (χ4v) is 2.26. The summed E-state index contributed by atoms with van der Waals surface area (Å²) in [6.07, 6.45) is 2.34. The van der Waals surface area contributed by atoms with Crippen LogP contribution in [0.25, 0.3) is 0 Å². The Morgan fingerprint density at radius 2 is 1.89 bits per heavy atom. The summed E-state index contributed by atoms with van der Waals surface area (Å²) in [5.41, 5.74) is 1.11. The molecule has 0 aliphatic heterocycles. The van der Waals surface area contributed by atoms with E-state index in [0.717, 1.165) is 29.4 Å². The van der Waals surface area contributed by atoms with Crippen LogP contribution in [0.2, 0.25) is 5.02 Å². The highest BCUT2D eigenvalue weighted by molar-refractivity contribution is 6.30. The van der Waals surface area contributed by atoms with Gasteiger partial charge in [-0.25, -0.2) is 0 Å². The molecular weight excluding hydrogens is 246 g/mol. The van der Waals surface area contributed by atoms with E-state index in [2.05, 4.69) is 13.8 Å². The van der Waals surface area contributed by atoms with Gasteiger partial charge in [0.1, 0.15) is 5.75 Å². The Kier molecular flexibility index (Phi) is 7.14. The molecule has 2 nitrogen and oxygen atoms in total. The summed E-state index contributed by atoms with van der Waals surface area (Å²) in [5.74, 6) is 0.953. The molecule has 18 heavy (non-hydrogen) atoms. The maximum atomic E-state index is 5.91. The van der Waals surface area contributed by atoms with Crippen LogP contribution in [0.1, 0.15) is 32.3 Å². The molecular formula is C15H25ClNO+. The van der Waals surface area contributed by atoms with Crippen molar-refractivity contribution >= 4 is 11.6 Å². The molecule has 1 aromatic carbocycles. The van der Waals surface area contributed by atoms with Crippen LogP contribution in [-0.4, -0.2) is 26.2 Å². The number of halogens is 1. The van der Waals surface area contributed by atoms with Gasteiger partial charge in [-0.2, -0.15) is 0 Å². The number of hydrogen-bond acceptors (Lipinski definition) is 1. The molecule has 0 atom stereocenters. The second-order valence-electron chi connectivity index (χ2n) is 4.67. The summed E-state index contributed by atoms with van der Waals surface area (Å²) < 4.78 is 5.77. The summed E-state index contributed by atoms with van der Waals surface area (Å²) in [5, 5.41) is 0.769. The predicted octanol–water partition coefficient (Wildman–Crippen LogP) is 2.73. The average molecular weight is 271 g/mol. The van der Waals surface area contributed by atoms with Gasteiger partial charge in [-0.1, -0.05) is 11.6 Å². The number of benzene rings is 1. The van der Waals surface area contributed by atoms with E-state index < -0.39 is 0 Å². The number of rotatable bonds is 8. The van der Waals surface area contributed by atoms with Gasteiger partial charge in [0.25, 0.3) is 0 Å². The molecule has 0 radical (unpaired) electrons. The smallest absolute Gasteiger partial charge is 0.122 e. The van der Waals surface area contributed by atoms with Crippen molar-refractivity contribution in [3.05, 3.63) is 28.8 Å². The number of ether oxygens (including phenoxy) is 1. The molecule has 1 rings (SSSR count). The molecule has 0 bridgehead atoms. The third kappa shape index (κ3) is 5.28. The first-order valence-corrected chi connectivity index (χ1v) is 7.27. The van der Waals surface area contributed by atoms with Crippen molar-refractivity contribution in [3.8, 4) is 5.75 Å². The topological polar surface area (TPSA) is 13.7 Å². The lowest BCUT2D eigenvalue weighted by Crippen LogP contribution is -3.11. The molecule has 0 saturated heterocycles. The predicted molar refractivity (Wildman–Crippen MR) is 77.8 cm³/mol. The lowest BCUT2D eigenvalue weighted by molar-refractivity contribution is -0.896. The molecule has 0 heterocycles. The zero-order valence-corrected chi connectivity index (χ0v) is 12.5. The quantitative estimate of drug-likeness (QED) is 0.717. The van der Waals surface area contributed by atoms with E-state index in [1.165, 1.54) is 26.1 Å². The van der Waals surface area contributed by atoms with Crippen molar-refractivity contribution in [2.45, 2.75) is 33.6 Å². The molecule has 0 saturated carbocycles. The van der Waals surface area contributed by atoms with Crippen LogP contribution in [0.3, 0.4) is 0 Å². The maximum Gasteiger partial charge on any atom is 0.122 e. The Morgan fingerprint density at radius 3 is 2.50 bits per heavy atom. The number of quaternary nitrogens is 1. The van der Waals surface area contributed by atoms with Crippen molar-refractivity contribution in [1.82, 2.24) is 0 Å². The molecule has 0 fully saturated rings. The van der Waals surface area contributed by atoms with Gasteiger partial charge in [0.2, 0.25) is 0 Å². The lowest BCUT2D eigenvalue weighted by Gasteiger charge is -2.15. The lowest BCUT2D eigenvalue weighted by atomic mass is 10.2. The molecule has 0 amide bonds. The van der Waals surface area contributed by atoms with E-state index >= 15 is 0 Å². The third-order valence-electron chi connectivity index (χ3n) is 3.32. The standard InChI is InChI=1S/C15H24ClNO/c1-4-17(5-2)10-6-7-11-18-15-9-8-14(16)12-13(15)3/h8-9,12H,4-7,10-11H2,1-3H3/p+1. The number of nitrogens with one attached hydrogen (secondary N) is 1. The maximum absolute atomic E-state index is 5.91. The fourth-order valence-electron chi connectivity index (χ4n) is 2.04. The summed E-state index contributed by atoms with van der Waals surface area (Å²) in [6, 6.07) is 5.77. The van der Waals surface area contributed by atoms with Gasteiger partial charge in [0, 0.05) is 5.02 Å². The third-order valence-corrected chi connectivity index (χ3v) is 3.55. The fraction of sp³-hybridized carbons (Fsp3) is 0.600. The Bertz CT molecular complexity index is 350. The van der Waals surface area contributed by atoms with Gasteiger partial charge in [-0.05, 0) is 57.4 Å². The van der Waals surface area contributed by atoms with Gasteiger partial charge in [0.15, 0.2) is 0 Å². The minimum atomic E-state index is 0.769. The van der Waals surface area contributed by atoms with Gasteiger partial charge >= 0.3 is 0 Å². The Morgan fingerprint density at radius 1 is 1.17 bits per heavy atom. The summed E-state index contributed by atoms with van der Waals surface area (Å²) >= 11 is 5.91. The highest BCUT2D eigenvalue weighted by Crippen LogP contribution is 2.21. The van der Waals surface area contributed by atoms with Crippen LogP contribution in [0.4, 0.5) is 0 Å². The van der Waals surface area contributed by atoms with Gasteiger partial charge < -0.3 is 9.64 Å². The SMILES string of the molecule is CC[NH+](CC)CCCCOc1ccc(Cl)cc1C. The van der Waals surface area contributed by atoms with Crippen molar-refractivity contribution in [1.29, 1.82) is 0 Å². The van der Waals surface area contributed by atoms with Gasteiger partial charge in [-0.3, -0.25) is 0 Å². The van der Waals surface area contributed by atoms with Crippen molar-refractivity contribution in [2.75, 3.05) is 26.2 Å². The van der Waals surface area contributed by atoms with Crippen LogP contribution in [0, 0.1) is 6.92 Å². The first kappa shape index (κ1) is 15.3. The molecule has 0 aliphatic carbocycles. The molecule has 1 N–H and O–H groups in total. The van der Waals surface area contributed by atoms with Gasteiger partial charge in [-0.15, -0.1) is 0 Å². The first-order chi connectivity index (χ1) is 8.67. The molecule has 3 heteroatoms. The summed E-state index contributed by atoms with van der Waals surface area (Å²) in [4.78, 5) is 1.66. The van der Waals surface area contributed by atoms with E-state index in [-0.39, 0.29) is 0 Å². The average Bonchev–Trinajstić information content (AvgIpc) is 2.36. The number of hydrogen-bond donors (Lipinski definition) is 1. The summed E-state index contributed by atoms with van der Waals surface area (Å²) in [6.45, 7) is 11.0. The largest absolute Gasteiger partial charge is 0.493 e. The second-order valence-corrected chi connectivity index (χ2v) is 5.11. The van der Waals surface area contributed by atoms with Crippen molar-refractivity contribution in [3.63, 3.8) is 0 Å².